The highest BCUT2D eigenvalue weighted by Gasteiger charge is 2.12. The summed E-state index contributed by atoms with van der Waals surface area (Å²) >= 11 is 8.06. The van der Waals surface area contributed by atoms with Gasteiger partial charge in [-0.05, 0) is 58.5 Å². The van der Waals surface area contributed by atoms with Crippen molar-refractivity contribution >= 4 is 46.2 Å². The lowest BCUT2D eigenvalue weighted by Gasteiger charge is -2.14. The van der Waals surface area contributed by atoms with Crippen molar-refractivity contribution in [3.8, 4) is 11.5 Å². The van der Waals surface area contributed by atoms with Crippen molar-refractivity contribution in [3.05, 3.63) is 61.9 Å². The summed E-state index contributed by atoms with van der Waals surface area (Å²) in [6.07, 6.45) is 2.51. The number of benzene rings is 2. The van der Waals surface area contributed by atoms with Crippen LogP contribution in [0.2, 0.25) is 5.02 Å². The molecule has 2 aromatic carbocycles. The van der Waals surface area contributed by atoms with E-state index in [0.29, 0.717) is 22.6 Å². The van der Waals surface area contributed by atoms with Crippen LogP contribution >= 0.6 is 34.2 Å². The van der Waals surface area contributed by atoms with Crippen molar-refractivity contribution < 1.29 is 23.8 Å². The first-order chi connectivity index (χ1) is 11.4. The molecule has 0 saturated carbocycles. The number of carboxylic acid groups (broad SMARTS) is 1. The van der Waals surface area contributed by atoms with Crippen molar-refractivity contribution in [2.45, 2.75) is 6.61 Å². The second-order valence-electron chi connectivity index (χ2n) is 4.73. The lowest BCUT2D eigenvalue weighted by Crippen LogP contribution is -2.01. The summed E-state index contributed by atoms with van der Waals surface area (Å²) in [6, 6.07) is 7.53. The van der Waals surface area contributed by atoms with Gasteiger partial charge in [-0.2, -0.15) is 0 Å². The lowest BCUT2D eigenvalue weighted by molar-refractivity contribution is -0.131. The topological polar surface area (TPSA) is 55.8 Å². The van der Waals surface area contributed by atoms with Gasteiger partial charge in [0.05, 0.1) is 15.7 Å². The minimum Gasteiger partial charge on any atom is -0.493 e. The van der Waals surface area contributed by atoms with Crippen LogP contribution in [-0.2, 0) is 11.4 Å². The van der Waals surface area contributed by atoms with Gasteiger partial charge in [-0.1, -0.05) is 17.7 Å². The zero-order valence-corrected chi connectivity index (χ0v) is 15.5. The predicted octanol–water partition coefficient (Wildman–Crippen LogP) is 4.77. The van der Waals surface area contributed by atoms with Crippen LogP contribution in [0, 0.1) is 9.39 Å². The van der Waals surface area contributed by atoms with Crippen molar-refractivity contribution in [2.24, 2.45) is 0 Å². The van der Waals surface area contributed by atoms with Gasteiger partial charge in [0.2, 0.25) is 0 Å². The van der Waals surface area contributed by atoms with Crippen molar-refractivity contribution in [1.82, 2.24) is 0 Å². The van der Waals surface area contributed by atoms with Gasteiger partial charge in [-0.25, -0.2) is 9.18 Å². The van der Waals surface area contributed by atoms with Crippen molar-refractivity contribution in [3.63, 3.8) is 0 Å². The Kier molecular flexibility index (Phi) is 6.44. The Balaban J connectivity index is 2.24. The molecule has 0 fully saturated rings. The van der Waals surface area contributed by atoms with E-state index in [9.17, 15) is 9.18 Å². The number of carboxylic acids is 1. The third kappa shape index (κ3) is 4.85. The molecule has 126 valence electrons. The molecule has 0 heterocycles. The van der Waals surface area contributed by atoms with Gasteiger partial charge < -0.3 is 14.6 Å². The number of rotatable bonds is 6. The zero-order valence-electron chi connectivity index (χ0n) is 12.6. The highest BCUT2D eigenvalue weighted by molar-refractivity contribution is 14.1. The molecule has 0 aliphatic heterocycles. The third-order valence-corrected chi connectivity index (χ3v) is 4.21. The Morgan fingerprint density at radius 1 is 1.38 bits per heavy atom. The van der Waals surface area contributed by atoms with Gasteiger partial charge in [-0.3, -0.25) is 0 Å². The monoisotopic (exact) mass is 462 g/mol. The van der Waals surface area contributed by atoms with Crippen LogP contribution in [0.3, 0.4) is 0 Å². The van der Waals surface area contributed by atoms with Gasteiger partial charge in [-0.15, -0.1) is 0 Å². The Bertz CT molecular complexity index is 792. The Morgan fingerprint density at radius 2 is 2.12 bits per heavy atom. The third-order valence-electron chi connectivity index (χ3n) is 3.06. The van der Waals surface area contributed by atoms with Crippen LogP contribution in [0.15, 0.2) is 36.4 Å². The van der Waals surface area contributed by atoms with Crippen LogP contribution in [0.4, 0.5) is 4.39 Å². The SMILES string of the molecule is COc1cc(/C=C/C(=O)O)cc(I)c1OCc1ccc(F)cc1Cl. The van der Waals surface area contributed by atoms with Gasteiger partial charge in [0.15, 0.2) is 11.5 Å². The molecule has 0 aromatic heterocycles. The Morgan fingerprint density at radius 3 is 2.75 bits per heavy atom. The molecule has 1 N–H and O–H groups in total. The molecule has 24 heavy (non-hydrogen) atoms. The van der Waals surface area contributed by atoms with Crippen LogP contribution in [0.5, 0.6) is 11.5 Å². The normalized spacial score (nSPS) is 10.8. The van der Waals surface area contributed by atoms with Gasteiger partial charge >= 0.3 is 5.97 Å². The Labute approximate surface area is 157 Å². The molecule has 7 heteroatoms. The van der Waals surface area contributed by atoms with Crippen LogP contribution in [-0.4, -0.2) is 18.2 Å². The van der Waals surface area contributed by atoms with Crippen molar-refractivity contribution in [2.75, 3.05) is 7.11 Å². The summed E-state index contributed by atoms with van der Waals surface area (Å²) in [5, 5.41) is 8.98. The molecule has 0 bridgehead atoms. The van der Waals surface area contributed by atoms with E-state index < -0.39 is 11.8 Å². The van der Waals surface area contributed by atoms with E-state index in [1.54, 1.807) is 18.2 Å². The first-order valence-corrected chi connectivity index (χ1v) is 8.21. The molecule has 2 aromatic rings. The summed E-state index contributed by atoms with van der Waals surface area (Å²) in [5.74, 6) is -0.475. The smallest absolute Gasteiger partial charge is 0.328 e. The fourth-order valence-corrected chi connectivity index (χ4v) is 2.94. The maximum absolute atomic E-state index is 13.1. The van der Waals surface area contributed by atoms with Crippen LogP contribution < -0.4 is 9.47 Å². The molecule has 0 aliphatic carbocycles. The first kappa shape index (κ1) is 18.5. The quantitative estimate of drug-likeness (QED) is 0.496. The molecule has 0 spiro atoms. The second-order valence-corrected chi connectivity index (χ2v) is 6.30. The lowest BCUT2D eigenvalue weighted by atomic mass is 10.2. The number of aliphatic carboxylic acids is 1. The highest BCUT2D eigenvalue weighted by Crippen LogP contribution is 2.35. The van der Waals surface area contributed by atoms with E-state index in [1.165, 1.54) is 25.3 Å². The summed E-state index contributed by atoms with van der Waals surface area (Å²) in [4.78, 5) is 10.6. The Hall–Kier alpha value is -1.80. The molecule has 4 nitrogen and oxygen atoms in total. The molecule has 0 atom stereocenters. The number of carbonyl (C=O) groups is 1. The minimum atomic E-state index is -1.03. The summed E-state index contributed by atoms with van der Waals surface area (Å²) in [6.45, 7) is 0.149. The molecule has 0 amide bonds. The maximum atomic E-state index is 13.1. The molecule has 0 radical (unpaired) electrons. The molecule has 0 aliphatic rings. The van der Waals surface area contributed by atoms with Gasteiger partial charge in [0.1, 0.15) is 12.4 Å². The van der Waals surface area contributed by atoms with E-state index >= 15 is 0 Å². The number of methoxy groups -OCH3 is 1. The van der Waals surface area contributed by atoms with E-state index in [0.717, 1.165) is 9.65 Å². The van der Waals surface area contributed by atoms with E-state index in [-0.39, 0.29) is 11.6 Å². The average molecular weight is 463 g/mol. The van der Waals surface area contributed by atoms with Gasteiger partial charge in [0, 0.05) is 11.6 Å². The predicted molar refractivity (Wildman–Crippen MR) is 98.1 cm³/mol. The molecular weight excluding hydrogens is 450 g/mol. The zero-order chi connectivity index (χ0) is 17.7. The largest absolute Gasteiger partial charge is 0.493 e. The molecular formula is C17H13ClFIO4. The summed E-state index contributed by atoms with van der Waals surface area (Å²) in [7, 11) is 1.49. The first-order valence-electron chi connectivity index (χ1n) is 6.76. The van der Waals surface area contributed by atoms with E-state index in [4.69, 9.17) is 26.2 Å². The molecule has 0 unspecified atom stereocenters. The highest BCUT2D eigenvalue weighted by atomic mass is 127. The van der Waals surface area contributed by atoms with E-state index in [2.05, 4.69) is 22.6 Å². The fraction of sp³-hybridized carbons (Fsp3) is 0.118. The number of hydrogen-bond acceptors (Lipinski definition) is 3. The standard InChI is InChI=1S/C17H13ClFIO4/c1-23-15-7-10(2-5-16(21)22)6-14(20)17(15)24-9-11-3-4-12(19)8-13(11)18/h2-8H,9H2,1H3,(H,21,22)/b5-2+. The molecule has 0 saturated heterocycles. The van der Waals surface area contributed by atoms with Crippen molar-refractivity contribution in [1.29, 1.82) is 0 Å². The van der Waals surface area contributed by atoms with E-state index in [1.807, 2.05) is 0 Å². The van der Waals surface area contributed by atoms with Gasteiger partial charge in [0.25, 0.3) is 0 Å². The fourth-order valence-electron chi connectivity index (χ4n) is 1.93. The van der Waals surface area contributed by atoms with Crippen LogP contribution in [0.1, 0.15) is 11.1 Å². The number of ether oxygens (including phenoxy) is 2. The average Bonchev–Trinajstić information content (AvgIpc) is 2.52. The van der Waals surface area contributed by atoms with Crippen LogP contribution in [0.25, 0.3) is 6.08 Å². The summed E-state index contributed by atoms with van der Waals surface area (Å²) < 4.78 is 24.9. The number of halogens is 3. The minimum absolute atomic E-state index is 0.149. The summed E-state index contributed by atoms with van der Waals surface area (Å²) in [5.41, 5.74) is 1.32. The maximum Gasteiger partial charge on any atom is 0.328 e. The second kappa shape index (κ2) is 8.34. The molecule has 2 rings (SSSR count). The number of hydrogen-bond donors (Lipinski definition) is 1.